The van der Waals surface area contributed by atoms with Crippen LogP contribution < -0.4 is 15.4 Å². The number of piperidine rings is 1. The monoisotopic (exact) mass is 377 g/mol. The first-order chi connectivity index (χ1) is 12.4. The SMILES string of the molecule is CNS(=O)(=O)c1cc(NC(=O)C2(n3cccn3)CCNCC2)ccc1C. The molecule has 1 aromatic heterocycles. The summed E-state index contributed by atoms with van der Waals surface area (Å²) in [7, 11) is -2.24. The summed E-state index contributed by atoms with van der Waals surface area (Å²) in [5, 5.41) is 10.4. The number of carbonyl (C=O) groups is 1. The fourth-order valence-electron chi connectivity index (χ4n) is 3.25. The Bertz CT molecular complexity index is 887. The van der Waals surface area contributed by atoms with Gasteiger partial charge in [-0.3, -0.25) is 9.48 Å². The molecule has 8 nitrogen and oxygen atoms in total. The molecule has 9 heteroatoms. The number of benzene rings is 1. The zero-order valence-electron chi connectivity index (χ0n) is 14.8. The fraction of sp³-hybridized carbons (Fsp3) is 0.412. The van der Waals surface area contributed by atoms with Gasteiger partial charge in [-0.15, -0.1) is 0 Å². The second-order valence-electron chi connectivity index (χ2n) is 6.37. The minimum atomic E-state index is -3.60. The Morgan fingerprint density at radius 1 is 1.31 bits per heavy atom. The molecule has 1 aliphatic heterocycles. The highest BCUT2D eigenvalue weighted by molar-refractivity contribution is 7.89. The van der Waals surface area contributed by atoms with Gasteiger partial charge in [0.2, 0.25) is 10.0 Å². The predicted molar refractivity (Wildman–Crippen MR) is 98.4 cm³/mol. The Balaban J connectivity index is 1.93. The van der Waals surface area contributed by atoms with E-state index in [0.717, 1.165) is 0 Å². The molecule has 0 atom stereocenters. The molecule has 1 fully saturated rings. The van der Waals surface area contributed by atoms with Gasteiger partial charge in [-0.2, -0.15) is 5.10 Å². The van der Waals surface area contributed by atoms with E-state index >= 15 is 0 Å². The molecule has 26 heavy (non-hydrogen) atoms. The topological polar surface area (TPSA) is 105 Å². The number of amides is 1. The molecule has 0 unspecified atom stereocenters. The molecule has 0 bridgehead atoms. The average molecular weight is 377 g/mol. The number of anilines is 1. The summed E-state index contributed by atoms with van der Waals surface area (Å²) >= 11 is 0. The van der Waals surface area contributed by atoms with Gasteiger partial charge in [-0.25, -0.2) is 13.1 Å². The first-order valence-corrected chi connectivity index (χ1v) is 9.94. The molecular formula is C17H23N5O3S. The Labute approximate surface area is 153 Å². The average Bonchev–Trinajstić information content (AvgIpc) is 3.19. The summed E-state index contributed by atoms with van der Waals surface area (Å²) < 4.78 is 28.3. The largest absolute Gasteiger partial charge is 0.324 e. The van der Waals surface area contributed by atoms with Crippen LogP contribution in [-0.4, -0.2) is 44.2 Å². The molecule has 1 aliphatic rings. The van der Waals surface area contributed by atoms with Gasteiger partial charge in [-0.05, 0) is 63.7 Å². The number of hydrogen-bond acceptors (Lipinski definition) is 5. The van der Waals surface area contributed by atoms with Gasteiger partial charge in [0.25, 0.3) is 5.91 Å². The van der Waals surface area contributed by atoms with Gasteiger partial charge in [0.05, 0.1) is 4.90 Å². The van der Waals surface area contributed by atoms with E-state index in [2.05, 4.69) is 20.5 Å². The van der Waals surface area contributed by atoms with Crippen molar-refractivity contribution in [3.63, 3.8) is 0 Å². The minimum absolute atomic E-state index is 0.149. The molecule has 0 aliphatic carbocycles. The molecule has 140 valence electrons. The van der Waals surface area contributed by atoms with Crippen LogP contribution in [-0.2, 0) is 20.4 Å². The predicted octanol–water partition coefficient (Wildman–Crippen LogP) is 0.817. The molecule has 0 spiro atoms. The molecule has 1 amide bonds. The van der Waals surface area contributed by atoms with E-state index in [1.165, 1.54) is 13.1 Å². The smallest absolute Gasteiger partial charge is 0.252 e. The van der Waals surface area contributed by atoms with Crippen molar-refractivity contribution < 1.29 is 13.2 Å². The Kier molecular flexibility index (Phi) is 5.12. The van der Waals surface area contributed by atoms with Crippen molar-refractivity contribution in [3.8, 4) is 0 Å². The molecule has 1 saturated heterocycles. The van der Waals surface area contributed by atoms with Crippen LogP contribution >= 0.6 is 0 Å². The third kappa shape index (κ3) is 3.37. The number of nitrogens with one attached hydrogen (secondary N) is 3. The highest BCUT2D eigenvalue weighted by Crippen LogP contribution is 2.29. The summed E-state index contributed by atoms with van der Waals surface area (Å²) in [5.41, 5.74) is 0.266. The minimum Gasteiger partial charge on any atom is -0.324 e. The highest BCUT2D eigenvalue weighted by Gasteiger charge is 2.42. The summed E-state index contributed by atoms with van der Waals surface area (Å²) in [6.07, 6.45) is 4.65. The van der Waals surface area contributed by atoms with Crippen molar-refractivity contribution in [1.82, 2.24) is 19.8 Å². The van der Waals surface area contributed by atoms with Crippen molar-refractivity contribution in [1.29, 1.82) is 0 Å². The first-order valence-electron chi connectivity index (χ1n) is 8.45. The van der Waals surface area contributed by atoms with E-state index in [4.69, 9.17) is 0 Å². The van der Waals surface area contributed by atoms with E-state index in [1.807, 2.05) is 0 Å². The molecule has 2 heterocycles. The third-order valence-electron chi connectivity index (χ3n) is 4.80. The number of aryl methyl sites for hydroxylation is 1. The molecule has 0 saturated carbocycles. The van der Waals surface area contributed by atoms with Crippen molar-refractivity contribution in [2.24, 2.45) is 0 Å². The van der Waals surface area contributed by atoms with Crippen LogP contribution in [0.25, 0.3) is 0 Å². The van der Waals surface area contributed by atoms with Crippen molar-refractivity contribution in [2.45, 2.75) is 30.2 Å². The zero-order valence-corrected chi connectivity index (χ0v) is 15.6. The number of carbonyl (C=O) groups excluding carboxylic acids is 1. The van der Waals surface area contributed by atoms with Crippen LogP contribution in [0.5, 0.6) is 0 Å². The number of aromatic nitrogens is 2. The van der Waals surface area contributed by atoms with Crippen LogP contribution in [0, 0.1) is 6.92 Å². The quantitative estimate of drug-likeness (QED) is 0.715. The molecule has 0 radical (unpaired) electrons. The number of hydrogen-bond donors (Lipinski definition) is 3. The number of nitrogens with zero attached hydrogens (tertiary/aromatic N) is 2. The van der Waals surface area contributed by atoms with E-state index in [-0.39, 0.29) is 10.8 Å². The second kappa shape index (κ2) is 7.18. The lowest BCUT2D eigenvalue weighted by molar-refractivity contribution is -0.126. The number of sulfonamides is 1. The van der Waals surface area contributed by atoms with Crippen LogP contribution in [0.15, 0.2) is 41.6 Å². The summed E-state index contributed by atoms with van der Waals surface area (Å²) in [6, 6.07) is 6.67. The third-order valence-corrected chi connectivity index (χ3v) is 6.36. The van der Waals surface area contributed by atoms with Gasteiger partial charge in [0.15, 0.2) is 0 Å². The van der Waals surface area contributed by atoms with Gasteiger partial charge in [0, 0.05) is 18.1 Å². The van der Waals surface area contributed by atoms with Gasteiger partial charge < -0.3 is 10.6 Å². The lowest BCUT2D eigenvalue weighted by atomic mass is 9.87. The molecule has 1 aromatic carbocycles. The Morgan fingerprint density at radius 2 is 2.04 bits per heavy atom. The molecule has 2 aromatic rings. The maximum atomic E-state index is 13.1. The lowest BCUT2D eigenvalue weighted by Gasteiger charge is -2.36. The zero-order chi connectivity index (χ0) is 18.8. The van der Waals surface area contributed by atoms with E-state index < -0.39 is 15.6 Å². The van der Waals surface area contributed by atoms with E-state index in [9.17, 15) is 13.2 Å². The summed E-state index contributed by atoms with van der Waals surface area (Å²) in [6.45, 7) is 3.13. The van der Waals surface area contributed by atoms with Crippen molar-refractivity contribution >= 4 is 21.6 Å². The Hall–Kier alpha value is -2.23. The van der Waals surface area contributed by atoms with E-state index in [0.29, 0.717) is 37.2 Å². The van der Waals surface area contributed by atoms with Crippen LogP contribution in [0.3, 0.4) is 0 Å². The highest BCUT2D eigenvalue weighted by atomic mass is 32.2. The molecule has 3 N–H and O–H groups in total. The maximum absolute atomic E-state index is 13.1. The normalized spacial score (nSPS) is 17.0. The van der Waals surface area contributed by atoms with Crippen LogP contribution in [0.1, 0.15) is 18.4 Å². The maximum Gasteiger partial charge on any atom is 0.252 e. The second-order valence-corrected chi connectivity index (χ2v) is 8.23. The lowest BCUT2D eigenvalue weighted by Crippen LogP contribution is -2.52. The van der Waals surface area contributed by atoms with Gasteiger partial charge in [0.1, 0.15) is 5.54 Å². The molecular weight excluding hydrogens is 354 g/mol. The van der Waals surface area contributed by atoms with Crippen LogP contribution in [0.4, 0.5) is 5.69 Å². The standard InChI is InChI=1S/C17H23N5O3S/c1-13-4-5-14(12-15(13)26(24,25)18-2)21-16(23)17(6-9-19-10-7-17)22-11-3-8-20-22/h3-5,8,11-12,18-19H,6-7,9-10H2,1-2H3,(H,21,23). The van der Waals surface area contributed by atoms with Gasteiger partial charge in [-0.1, -0.05) is 6.07 Å². The Morgan fingerprint density at radius 3 is 2.65 bits per heavy atom. The molecule has 3 rings (SSSR count). The van der Waals surface area contributed by atoms with E-state index in [1.54, 1.807) is 42.2 Å². The van der Waals surface area contributed by atoms with Gasteiger partial charge >= 0.3 is 0 Å². The van der Waals surface area contributed by atoms with Crippen molar-refractivity contribution in [3.05, 3.63) is 42.2 Å². The fourth-order valence-corrected chi connectivity index (χ4v) is 4.24. The number of rotatable bonds is 5. The summed E-state index contributed by atoms with van der Waals surface area (Å²) in [4.78, 5) is 13.3. The van der Waals surface area contributed by atoms with Crippen molar-refractivity contribution in [2.75, 3.05) is 25.5 Å². The summed E-state index contributed by atoms with van der Waals surface area (Å²) in [5.74, 6) is -0.195. The van der Waals surface area contributed by atoms with Crippen LogP contribution in [0.2, 0.25) is 0 Å². The first kappa shape index (κ1) is 18.6.